The second-order valence-electron chi connectivity index (χ2n) is 4.15. The maximum atomic E-state index is 5.22. The molecule has 14 heavy (non-hydrogen) atoms. The van der Waals surface area contributed by atoms with Gasteiger partial charge in [0.15, 0.2) is 6.29 Å². The Bertz CT molecular complexity index is 155. The molecule has 3 nitrogen and oxygen atoms in total. The Kier molecular flexibility index (Phi) is 4.85. The van der Waals surface area contributed by atoms with Crippen molar-refractivity contribution in [1.29, 1.82) is 0 Å². The molecule has 1 fully saturated rings. The molecule has 0 aromatic rings. The second kappa shape index (κ2) is 5.69. The summed E-state index contributed by atoms with van der Waals surface area (Å²) in [5.74, 6) is 0.886. The summed E-state index contributed by atoms with van der Waals surface area (Å²) in [6.07, 6.45) is 3.81. The number of hydrogen-bond donors (Lipinski definition) is 1. The Morgan fingerprint density at radius 3 is 2.21 bits per heavy atom. The number of nitrogens with one attached hydrogen (secondary N) is 1. The van der Waals surface area contributed by atoms with Gasteiger partial charge in [0, 0.05) is 20.3 Å². The quantitative estimate of drug-likeness (QED) is 0.637. The molecule has 0 aromatic heterocycles. The minimum absolute atomic E-state index is 0.136. The fourth-order valence-electron chi connectivity index (χ4n) is 2.01. The Morgan fingerprint density at radius 1 is 1.29 bits per heavy atom. The molecule has 0 spiro atoms. The molecule has 2 unspecified atom stereocenters. The average molecular weight is 201 g/mol. The van der Waals surface area contributed by atoms with Gasteiger partial charge in [-0.25, -0.2) is 0 Å². The molecule has 0 aromatic carbocycles. The molecule has 1 rings (SSSR count). The summed E-state index contributed by atoms with van der Waals surface area (Å²) in [7, 11) is 3.37. The lowest BCUT2D eigenvalue weighted by Gasteiger charge is -2.27. The van der Waals surface area contributed by atoms with E-state index in [1.54, 1.807) is 14.2 Å². The number of methoxy groups -OCH3 is 2. The molecule has 3 heteroatoms. The normalized spacial score (nSPS) is 21.2. The monoisotopic (exact) mass is 201 g/mol. The van der Waals surface area contributed by atoms with Gasteiger partial charge >= 0.3 is 0 Å². The van der Waals surface area contributed by atoms with Crippen LogP contribution in [0.25, 0.3) is 0 Å². The minimum Gasteiger partial charge on any atom is -0.354 e. The molecule has 0 radical (unpaired) electrons. The zero-order valence-corrected chi connectivity index (χ0v) is 9.75. The van der Waals surface area contributed by atoms with Gasteiger partial charge in [-0.3, -0.25) is 0 Å². The lowest BCUT2D eigenvalue weighted by Crippen LogP contribution is -2.45. The van der Waals surface area contributed by atoms with Gasteiger partial charge in [0.2, 0.25) is 0 Å². The molecule has 0 bridgehead atoms. The van der Waals surface area contributed by atoms with Gasteiger partial charge in [-0.1, -0.05) is 6.92 Å². The van der Waals surface area contributed by atoms with Crippen molar-refractivity contribution in [3.63, 3.8) is 0 Å². The van der Waals surface area contributed by atoms with Crippen molar-refractivity contribution in [3.05, 3.63) is 0 Å². The third-order valence-corrected chi connectivity index (χ3v) is 2.98. The van der Waals surface area contributed by atoms with Crippen LogP contribution in [0.5, 0.6) is 0 Å². The SMILES string of the molecule is CCC(NC(C)C(OC)OC)C1CC1. The Hall–Kier alpha value is -0.120. The molecule has 0 amide bonds. The molecular formula is C11H23NO2. The summed E-state index contributed by atoms with van der Waals surface area (Å²) in [6, 6.07) is 0.897. The van der Waals surface area contributed by atoms with Crippen LogP contribution in [0.2, 0.25) is 0 Å². The summed E-state index contributed by atoms with van der Waals surface area (Å²) in [4.78, 5) is 0. The highest BCUT2D eigenvalue weighted by Gasteiger charge is 2.31. The van der Waals surface area contributed by atoms with Crippen LogP contribution in [0.3, 0.4) is 0 Å². The van der Waals surface area contributed by atoms with E-state index >= 15 is 0 Å². The summed E-state index contributed by atoms with van der Waals surface area (Å²) in [6.45, 7) is 4.35. The van der Waals surface area contributed by atoms with E-state index in [0.717, 1.165) is 5.92 Å². The van der Waals surface area contributed by atoms with Crippen LogP contribution in [0, 0.1) is 5.92 Å². The largest absolute Gasteiger partial charge is 0.354 e. The van der Waals surface area contributed by atoms with E-state index in [4.69, 9.17) is 9.47 Å². The lowest BCUT2D eigenvalue weighted by molar-refractivity contribution is -0.121. The second-order valence-corrected chi connectivity index (χ2v) is 4.15. The molecule has 1 saturated carbocycles. The molecule has 2 atom stereocenters. The van der Waals surface area contributed by atoms with E-state index in [1.807, 2.05) is 0 Å². The highest BCUT2D eigenvalue weighted by Crippen LogP contribution is 2.34. The van der Waals surface area contributed by atoms with Crippen LogP contribution in [-0.4, -0.2) is 32.6 Å². The third-order valence-electron chi connectivity index (χ3n) is 2.98. The van der Waals surface area contributed by atoms with Crippen LogP contribution in [0.4, 0.5) is 0 Å². The maximum Gasteiger partial charge on any atom is 0.171 e. The van der Waals surface area contributed by atoms with E-state index < -0.39 is 0 Å². The fourth-order valence-corrected chi connectivity index (χ4v) is 2.01. The molecule has 1 aliphatic rings. The zero-order valence-electron chi connectivity index (χ0n) is 9.75. The van der Waals surface area contributed by atoms with Crippen molar-refractivity contribution in [2.75, 3.05) is 14.2 Å². The average Bonchev–Trinajstić information content (AvgIpc) is 2.99. The molecule has 84 valence electrons. The standard InChI is InChI=1S/C11H23NO2/c1-5-10(9-6-7-9)12-8(2)11(13-3)14-4/h8-12H,5-7H2,1-4H3. The summed E-state index contributed by atoms with van der Waals surface area (Å²) in [5.41, 5.74) is 0. The number of rotatable bonds is 7. The minimum atomic E-state index is -0.136. The first-order valence-corrected chi connectivity index (χ1v) is 5.54. The van der Waals surface area contributed by atoms with Crippen LogP contribution in [0.1, 0.15) is 33.1 Å². The van der Waals surface area contributed by atoms with Crippen molar-refractivity contribution in [2.24, 2.45) is 5.92 Å². The van der Waals surface area contributed by atoms with Crippen LogP contribution in [0.15, 0.2) is 0 Å². The molecule has 1 aliphatic carbocycles. The highest BCUT2D eigenvalue weighted by atomic mass is 16.7. The van der Waals surface area contributed by atoms with E-state index in [1.165, 1.54) is 19.3 Å². The summed E-state index contributed by atoms with van der Waals surface area (Å²) in [5, 5.41) is 3.58. The van der Waals surface area contributed by atoms with E-state index in [0.29, 0.717) is 6.04 Å². The predicted octanol–water partition coefficient (Wildman–Crippen LogP) is 1.77. The smallest absolute Gasteiger partial charge is 0.171 e. The first-order valence-electron chi connectivity index (χ1n) is 5.54. The molecule has 0 aliphatic heterocycles. The van der Waals surface area contributed by atoms with Gasteiger partial charge in [-0.2, -0.15) is 0 Å². The Labute approximate surface area is 87.2 Å². The molecular weight excluding hydrogens is 178 g/mol. The first kappa shape index (κ1) is 12.0. The van der Waals surface area contributed by atoms with Gasteiger partial charge in [0.05, 0.1) is 6.04 Å². The van der Waals surface area contributed by atoms with E-state index in [9.17, 15) is 0 Å². The van der Waals surface area contributed by atoms with Crippen molar-refractivity contribution in [2.45, 2.75) is 51.5 Å². The van der Waals surface area contributed by atoms with Crippen LogP contribution in [-0.2, 0) is 9.47 Å². The van der Waals surface area contributed by atoms with Crippen molar-refractivity contribution in [3.8, 4) is 0 Å². The maximum absolute atomic E-state index is 5.22. The highest BCUT2D eigenvalue weighted by molar-refractivity contribution is 4.87. The van der Waals surface area contributed by atoms with Crippen molar-refractivity contribution >= 4 is 0 Å². The number of ether oxygens (including phenoxy) is 2. The molecule has 0 saturated heterocycles. The van der Waals surface area contributed by atoms with E-state index in [2.05, 4.69) is 19.2 Å². The fraction of sp³-hybridized carbons (Fsp3) is 1.00. The zero-order chi connectivity index (χ0) is 10.6. The van der Waals surface area contributed by atoms with Crippen LogP contribution < -0.4 is 5.32 Å². The van der Waals surface area contributed by atoms with Gasteiger partial charge in [-0.05, 0) is 32.1 Å². The summed E-state index contributed by atoms with van der Waals surface area (Å²) < 4.78 is 10.4. The lowest BCUT2D eigenvalue weighted by atomic mass is 10.1. The third kappa shape index (κ3) is 3.23. The molecule has 1 N–H and O–H groups in total. The van der Waals surface area contributed by atoms with Crippen LogP contribution >= 0.6 is 0 Å². The van der Waals surface area contributed by atoms with Crippen molar-refractivity contribution < 1.29 is 9.47 Å². The predicted molar refractivity (Wildman–Crippen MR) is 57.2 cm³/mol. The topological polar surface area (TPSA) is 30.5 Å². The number of hydrogen-bond acceptors (Lipinski definition) is 3. The Morgan fingerprint density at radius 2 is 1.86 bits per heavy atom. The van der Waals surface area contributed by atoms with Gasteiger partial charge < -0.3 is 14.8 Å². The summed E-state index contributed by atoms with van der Waals surface area (Å²) >= 11 is 0. The van der Waals surface area contributed by atoms with Crippen molar-refractivity contribution in [1.82, 2.24) is 5.32 Å². The van der Waals surface area contributed by atoms with Gasteiger partial charge in [0.25, 0.3) is 0 Å². The molecule has 0 heterocycles. The van der Waals surface area contributed by atoms with Gasteiger partial charge in [0.1, 0.15) is 0 Å². The van der Waals surface area contributed by atoms with Gasteiger partial charge in [-0.15, -0.1) is 0 Å². The first-order chi connectivity index (χ1) is 6.72. The Balaban J connectivity index is 2.32. The van der Waals surface area contributed by atoms with E-state index in [-0.39, 0.29) is 12.3 Å².